The third kappa shape index (κ3) is 9.69. The van der Waals surface area contributed by atoms with Crippen LogP contribution >= 0.6 is 0 Å². The van der Waals surface area contributed by atoms with E-state index in [4.69, 9.17) is 9.84 Å². The standard InChI is InChI=1S/C35H43F6N5O4/c1-6-27-15-29(16-28(7-2)46(27)32(49)50-21-33(3,4)10-8-30(47)48)45(31-42-17-24(18-43-31)23-9-11-44(5)20-23)19-22-12-25(34(36,37)38)14-26(13-22)35(39,40)41/h9,11-14,17-18,20,27-29H,6-8,10,15-16,19,21H2,1-5H3,(H,47,48)/t27-,28+,29?. The number of carboxylic acid groups (broad SMARTS) is 1. The van der Waals surface area contributed by atoms with Gasteiger partial charge in [0, 0.05) is 74.1 Å². The van der Waals surface area contributed by atoms with Gasteiger partial charge in [-0.1, -0.05) is 27.7 Å². The molecule has 1 aromatic carbocycles. The number of carboxylic acids is 1. The molecule has 2 aromatic heterocycles. The normalized spacial score (nSPS) is 18.6. The van der Waals surface area contributed by atoms with Crippen molar-refractivity contribution in [1.82, 2.24) is 19.4 Å². The maximum atomic E-state index is 13.8. The molecule has 9 nitrogen and oxygen atoms in total. The Balaban J connectivity index is 1.69. The number of carbonyl (C=O) groups excluding carboxylic acids is 1. The zero-order chi connectivity index (χ0) is 37.0. The average Bonchev–Trinajstić information content (AvgIpc) is 3.49. The molecule has 0 radical (unpaired) electrons. The number of alkyl halides is 6. The highest BCUT2D eigenvalue weighted by Crippen LogP contribution is 2.38. The van der Waals surface area contributed by atoms with Crippen LogP contribution in [0, 0.1) is 5.41 Å². The zero-order valence-corrected chi connectivity index (χ0v) is 28.7. The number of hydrogen-bond donors (Lipinski definition) is 1. The molecule has 3 atom stereocenters. The molecule has 1 aliphatic heterocycles. The van der Waals surface area contributed by atoms with E-state index < -0.39 is 47.0 Å². The predicted octanol–water partition coefficient (Wildman–Crippen LogP) is 8.58. The summed E-state index contributed by atoms with van der Waals surface area (Å²) in [5, 5.41) is 9.07. The van der Waals surface area contributed by atoms with E-state index in [9.17, 15) is 35.9 Å². The number of halogens is 6. The van der Waals surface area contributed by atoms with Gasteiger partial charge in [-0.3, -0.25) is 4.79 Å². The Hall–Kier alpha value is -4.30. The van der Waals surface area contributed by atoms with E-state index >= 15 is 0 Å². The lowest BCUT2D eigenvalue weighted by Gasteiger charge is -2.47. The predicted molar refractivity (Wildman–Crippen MR) is 174 cm³/mol. The van der Waals surface area contributed by atoms with Gasteiger partial charge >= 0.3 is 24.4 Å². The van der Waals surface area contributed by atoms with Crippen LogP contribution in [0.5, 0.6) is 0 Å². The van der Waals surface area contributed by atoms with Crippen molar-refractivity contribution in [2.75, 3.05) is 11.5 Å². The summed E-state index contributed by atoms with van der Waals surface area (Å²) >= 11 is 0. The lowest BCUT2D eigenvalue weighted by atomic mass is 9.87. The molecule has 4 rings (SSSR count). The van der Waals surface area contributed by atoms with Crippen molar-refractivity contribution in [3.63, 3.8) is 0 Å². The minimum absolute atomic E-state index is 0.00325. The summed E-state index contributed by atoms with van der Waals surface area (Å²) < 4.78 is 90.4. The topological polar surface area (TPSA) is 101 Å². The Morgan fingerprint density at radius 3 is 1.96 bits per heavy atom. The summed E-state index contributed by atoms with van der Waals surface area (Å²) in [7, 11) is 1.85. The van der Waals surface area contributed by atoms with Crippen LogP contribution in [0.2, 0.25) is 0 Å². The van der Waals surface area contributed by atoms with Crippen molar-refractivity contribution in [1.29, 1.82) is 0 Å². The first-order valence-electron chi connectivity index (χ1n) is 16.5. The second-order valence-corrected chi connectivity index (χ2v) is 13.6. The zero-order valence-electron chi connectivity index (χ0n) is 28.7. The number of amides is 1. The smallest absolute Gasteiger partial charge is 0.416 e. The van der Waals surface area contributed by atoms with E-state index in [0.717, 1.165) is 5.56 Å². The molecule has 1 aliphatic rings. The van der Waals surface area contributed by atoms with E-state index in [0.29, 0.717) is 49.8 Å². The van der Waals surface area contributed by atoms with E-state index in [2.05, 4.69) is 9.97 Å². The number of aromatic nitrogens is 3. The van der Waals surface area contributed by atoms with Crippen LogP contribution in [-0.4, -0.2) is 61.3 Å². The second-order valence-electron chi connectivity index (χ2n) is 13.6. The molecule has 0 saturated carbocycles. The Morgan fingerprint density at radius 2 is 1.50 bits per heavy atom. The molecule has 1 unspecified atom stereocenters. The van der Waals surface area contributed by atoms with Crippen LogP contribution in [0.4, 0.5) is 37.1 Å². The molecule has 1 amide bonds. The van der Waals surface area contributed by atoms with Gasteiger partial charge in [-0.25, -0.2) is 14.8 Å². The monoisotopic (exact) mass is 711 g/mol. The number of likely N-dealkylation sites (tertiary alicyclic amines) is 1. The van der Waals surface area contributed by atoms with E-state index in [1.165, 1.54) is 0 Å². The second kappa shape index (κ2) is 15.3. The molecule has 3 heterocycles. The van der Waals surface area contributed by atoms with Crippen molar-refractivity contribution in [3.8, 4) is 11.1 Å². The summed E-state index contributed by atoms with van der Waals surface area (Å²) in [4.78, 5) is 37.0. The van der Waals surface area contributed by atoms with Gasteiger partial charge in [-0.2, -0.15) is 26.3 Å². The number of anilines is 1. The number of carbonyl (C=O) groups is 2. The molecule has 0 spiro atoms. The fourth-order valence-corrected chi connectivity index (χ4v) is 6.34. The van der Waals surface area contributed by atoms with Gasteiger partial charge in [-0.15, -0.1) is 0 Å². The highest BCUT2D eigenvalue weighted by molar-refractivity contribution is 5.69. The Labute approximate surface area is 287 Å². The maximum absolute atomic E-state index is 13.8. The number of ether oxygens (including phenoxy) is 1. The third-order valence-electron chi connectivity index (χ3n) is 9.13. The van der Waals surface area contributed by atoms with Crippen LogP contribution < -0.4 is 4.90 Å². The molecule has 274 valence electrons. The van der Waals surface area contributed by atoms with Crippen LogP contribution in [0.25, 0.3) is 11.1 Å². The van der Waals surface area contributed by atoms with Gasteiger partial charge in [0.2, 0.25) is 5.95 Å². The SMILES string of the molecule is CC[C@@H]1CC(N(Cc2cc(C(F)(F)F)cc(C(F)(F)F)c2)c2ncc(-c3ccn(C)c3)cn2)C[C@H](CC)N1C(=O)OCC(C)(C)CCC(=O)O. The highest BCUT2D eigenvalue weighted by Gasteiger charge is 2.42. The van der Waals surface area contributed by atoms with Gasteiger partial charge < -0.3 is 24.2 Å². The minimum Gasteiger partial charge on any atom is -0.481 e. The summed E-state index contributed by atoms with van der Waals surface area (Å²) in [6.07, 6.45) is -1.91. The van der Waals surface area contributed by atoms with E-state index in [1.54, 1.807) is 22.2 Å². The van der Waals surface area contributed by atoms with E-state index in [-0.39, 0.29) is 49.2 Å². The summed E-state index contributed by atoms with van der Waals surface area (Å²) in [5.74, 6) is -0.826. The first-order valence-corrected chi connectivity index (χ1v) is 16.5. The van der Waals surface area contributed by atoms with Crippen molar-refractivity contribution < 1.29 is 45.8 Å². The molecule has 0 aliphatic carbocycles. The molecule has 0 bridgehead atoms. The van der Waals surface area contributed by atoms with Crippen LogP contribution in [0.1, 0.15) is 82.9 Å². The Kier molecular flexibility index (Phi) is 11.8. The van der Waals surface area contributed by atoms with Crippen molar-refractivity contribution in [3.05, 3.63) is 65.7 Å². The number of rotatable bonds is 12. The quantitative estimate of drug-likeness (QED) is 0.188. The molecule has 15 heteroatoms. The number of piperidine rings is 1. The van der Waals surface area contributed by atoms with Gasteiger partial charge in [0.1, 0.15) is 0 Å². The van der Waals surface area contributed by atoms with Gasteiger partial charge in [-0.05, 0) is 67.3 Å². The molecule has 50 heavy (non-hydrogen) atoms. The summed E-state index contributed by atoms with van der Waals surface area (Å²) in [6, 6.07) is 2.16. The molecule has 1 saturated heterocycles. The number of aryl methyl sites for hydroxylation is 1. The lowest BCUT2D eigenvalue weighted by molar-refractivity contribution is -0.143. The number of benzene rings is 1. The average molecular weight is 712 g/mol. The molecule has 1 N–H and O–H groups in total. The summed E-state index contributed by atoms with van der Waals surface area (Å²) in [6.45, 7) is 7.03. The first kappa shape index (κ1) is 38.5. The number of hydrogen-bond acceptors (Lipinski definition) is 6. The Morgan fingerprint density at radius 1 is 0.940 bits per heavy atom. The molecule has 1 fully saturated rings. The minimum atomic E-state index is -5.01. The lowest BCUT2D eigenvalue weighted by Crippen LogP contribution is -2.57. The number of nitrogens with zero attached hydrogens (tertiary/aromatic N) is 5. The summed E-state index contributed by atoms with van der Waals surface area (Å²) in [5.41, 5.74) is -2.12. The van der Waals surface area contributed by atoms with Gasteiger partial charge in [0.05, 0.1) is 17.7 Å². The fraction of sp³-hybridized carbons (Fsp3) is 0.543. The maximum Gasteiger partial charge on any atom is 0.416 e. The third-order valence-corrected chi connectivity index (χ3v) is 9.13. The van der Waals surface area contributed by atoms with Crippen molar-refractivity contribution >= 4 is 18.0 Å². The fourth-order valence-electron chi connectivity index (χ4n) is 6.34. The van der Waals surface area contributed by atoms with Crippen molar-refractivity contribution in [2.45, 2.75) is 103 Å². The molecular formula is C35H43F6N5O4. The van der Waals surface area contributed by atoms with Crippen molar-refractivity contribution in [2.24, 2.45) is 12.5 Å². The van der Waals surface area contributed by atoms with Crippen LogP contribution in [-0.2, 0) is 35.5 Å². The largest absolute Gasteiger partial charge is 0.481 e. The first-order chi connectivity index (χ1) is 23.3. The number of aliphatic carboxylic acids is 1. The highest BCUT2D eigenvalue weighted by atomic mass is 19.4. The molecular weight excluding hydrogens is 668 g/mol. The van der Waals surface area contributed by atoms with Gasteiger partial charge in [0.25, 0.3) is 0 Å². The van der Waals surface area contributed by atoms with E-state index in [1.807, 2.05) is 57.8 Å². The van der Waals surface area contributed by atoms with Crippen LogP contribution in [0.3, 0.4) is 0 Å². The van der Waals surface area contributed by atoms with Gasteiger partial charge in [0.15, 0.2) is 0 Å². The Bertz CT molecular complexity index is 1580. The molecule has 3 aromatic rings. The van der Waals surface area contributed by atoms with Crippen LogP contribution in [0.15, 0.2) is 49.1 Å².